The Kier molecular flexibility index (Phi) is 6.09. The van der Waals surface area contributed by atoms with Crippen molar-refractivity contribution < 1.29 is 29.1 Å². The first-order valence-electron chi connectivity index (χ1n) is 13.8. The van der Waals surface area contributed by atoms with Crippen LogP contribution in [0.5, 0.6) is 0 Å². The highest BCUT2D eigenvalue weighted by Gasteiger charge is 2.70. The standard InChI is InChI=1S/C30H32N4O7/c1-6-22(35)40-23(16(2)3)24-31-19-13-9-7-11-17(19)25(36)32(24)21-15-30(41-26(21)37)18-12-8-10-14-20(18)33-27(30)34(39)29(4,5)28(33)38/h7-14,16,21,23,27,39H,6,15H2,1-5H3/t21-,23+,27+,30+/m1/s1. The monoisotopic (exact) mass is 560 g/mol. The number of aromatic nitrogens is 2. The average molecular weight is 561 g/mol. The molecule has 0 unspecified atom stereocenters. The van der Waals surface area contributed by atoms with Crippen LogP contribution in [-0.4, -0.2) is 49.4 Å². The van der Waals surface area contributed by atoms with E-state index in [1.807, 2.05) is 13.8 Å². The molecule has 11 nitrogen and oxygen atoms in total. The van der Waals surface area contributed by atoms with Crippen LogP contribution in [-0.2, 0) is 29.5 Å². The van der Waals surface area contributed by atoms with Gasteiger partial charge in [-0.1, -0.05) is 51.1 Å². The summed E-state index contributed by atoms with van der Waals surface area (Å²) in [6.07, 6.45) is -1.90. The minimum absolute atomic E-state index is 0.0656. The summed E-state index contributed by atoms with van der Waals surface area (Å²) in [5.41, 5.74) is -1.72. The fourth-order valence-electron chi connectivity index (χ4n) is 6.30. The van der Waals surface area contributed by atoms with Crippen LogP contribution >= 0.6 is 0 Å². The molecule has 1 N–H and O–H groups in total. The molecule has 3 aliphatic heterocycles. The number of esters is 2. The highest BCUT2D eigenvalue weighted by atomic mass is 16.6. The number of rotatable bonds is 5. The Labute approximate surface area is 236 Å². The molecular weight excluding hydrogens is 528 g/mol. The van der Waals surface area contributed by atoms with Crippen LogP contribution in [0.3, 0.4) is 0 Å². The second kappa shape index (κ2) is 9.22. The third-order valence-corrected chi connectivity index (χ3v) is 8.43. The molecule has 1 spiro atoms. The SMILES string of the molecule is CCC(=O)O[C@H](c1nc2ccccc2c(=O)n1[C@@H]1C[C@]2(OC1=O)c1ccccc1N1C(=O)C(C)(C)N(O)[C@H]12)C(C)C. The third kappa shape index (κ3) is 3.68. The van der Waals surface area contributed by atoms with E-state index in [-0.39, 0.29) is 30.5 Å². The summed E-state index contributed by atoms with van der Waals surface area (Å²) in [4.78, 5) is 60.1. The Hall–Kier alpha value is -4.09. The second-order valence-corrected chi connectivity index (χ2v) is 11.7. The Morgan fingerprint density at radius 2 is 1.80 bits per heavy atom. The fraction of sp³-hybridized carbons (Fsp3) is 0.433. The van der Waals surface area contributed by atoms with Crippen LogP contribution in [0.15, 0.2) is 53.3 Å². The number of nitrogens with zero attached hydrogens (tertiary/aromatic N) is 4. The lowest BCUT2D eigenvalue weighted by molar-refractivity contribution is -0.209. The van der Waals surface area contributed by atoms with Crippen LogP contribution in [0.25, 0.3) is 10.9 Å². The average Bonchev–Trinajstić information content (AvgIpc) is 3.49. The van der Waals surface area contributed by atoms with E-state index in [4.69, 9.17) is 14.5 Å². The van der Waals surface area contributed by atoms with Gasteiger partial charge in [-0.25, -0.2) is 9.78 Å². The van der Waals surface area contributed by atoms with E-state index in [2.05, 4.69) is 0 Å². The minimum Gasteiger partial charge on any atom is -0.454 e. The Balaban J connectivity index is 1.56. The molecule has 3 aliphatic rings. The Bertz CT molecular complexity index is 1660. The van der Waals surface area contributed by atoms with Gasteiger partial charge < -0.3 is 14.7 Å². The lowest BCUT2D eigenvalue weighted by Gasteiger charge is -2.35. The zero-order valence-electron chi connectivity index (χ0n) is 23.5. The molecule has 0 aliphatic carbocycles. The van der Waals surface area contributed by atoms with Crippen molar-refractivity contribution in [3.05, 3.63) is 70.3 Å². The highest BCUT2D eigenvalue weighted by Crippen LogP contribution is 2.58. The molecular formula is C30H32N4O7. The first-order chi connectivity index (χ1) is 19.4. The van der Waals surface area contributed by atoms with Crippen LogP contribution in [0.1, 0.15) is 71.0 Å². The first kappa shape index (κ1) is 27.1. The van der Waals surface area contributed by atoms with Crippen molar-refractivity contribution >= 4 is 34.4 Å². The molecule has 2 aromatic carbocycles. The van der Waals surface area contributed by atoms with E-state index >= 15 is 0 Å². The van der Waals surface area contributed by atoms with Crippen molar-refractivity contribution in [2.24, 2.45) is 5.92 Å². The van der Waals surface area contributed by atoms with Gasteiger partial charge in [0.1, 0.15) is 11.6 Å². The lowest BCUT2D eigenvalue weighted by atomic mass is 9.87. The summed E-state index contributed by atoms with van der Waals surface area (Å²) >= 11 is 0. The molecule has 6 rings (SSSR count). The summed E-state index contributed by atoms with van der Waals surface area (Å²) < 4.78 is 13.2. The Morgan fingerprint density at radius 1 is 1.12 bits per heavy atom. The van der Waals surface area contributed by atoms with Gasteiger partial charge in [0.15, 0.2) is 23.7 Å². The molecule has 4 heterocycles. The van der Waals surface area contributed by atoms with Gasteiger partial charge in [0, 0.05) is 18.4 Å². The number of hydrogen-bond donors (Lipinski definition) is 1. The number of carbonyl (C=O) groups is 3. The fourth-order valence-corrected chi connectivity index (χ4v) is 6.30. The zero-order chi connectivity index (χ0) is 29.4. The summed E-state index contributed by atoms with van der Waals surface area (Å²) in [7, 11) is 0. The number of hydrogen-bond acceptors (Lipinski definition) is 9. The lowest BCUT2D eigenvalue weighted by Crippen LogP contribution is -2.52. The quantitative estimate of drug-likeness (QED) is 0.465. The van der Waals surface area contributed by atoms with Gasteiger partial charge in [0.05, 0.1) is 16.6 Å². The topological polar surface area (TPSA) is 131 Å². The second-order valence-electron chi connectivity index (χ2n) is 11.7. The van der Waals surface area contributed by atoms with Crippen LogP contribution in [0.4, 0.5) is 5.69 Å². The van der Waals surface area contributed by atoms with Crippen molar-refractivity contribution in [3.8, 4) is 0 Å². The van der Waals surface area contributed by atoms with Crippen LogP contribution in [0, 0.1) is 5.92 Å². The van der Waals surface area contributed by atoms with Crippen molar-refractivity contribution in [2.45, 2.75) is 76.9 Å². The summed E-state index contributed by atoms with van der Waals surface area (Å²) in [5, 5.41) is 12.6. The van der Waals surface area contributed by atoms with Crippen LogP contribution in [0.2, 0.25) is 0 Å². The number of benzene rings is 2. The summed E-state index contributed by atoms with van der Waals surface area (Å²) in [6.45, 7) is 8.56. The predicted octanol–water partition coefficient (Wildman–Crippen LogP) is 3.59. The van der Waals surface area contributed by atoms with E-state index < -0.39 is 46.9 Å². The van der Waals surface area contributed by atoms with Gasteiger partial charge in [-0.15, -0.1) is 5.06 Å². The van der Waals surface area contributed by atoms with Gasteiger partial charge in [-0.2, -0.15) is 0 Å². The van der Waals surface area contributed by atoms with Crippen molar-refractivity contribution in [3.63, 3.8) is 0 Å². The third-order valence-electron chi connectivity index (χ3n) is 8.43. The number of carbonyl (C=O) groups excluding carboxylic acids is 3. The van der Waals surface area contributed by atoms with Crippen molar-refractivity contribution in [2.75, 3.05) is 4.90 Å². The first-order valence-corrected chi connectivity index (χ1v) is 13.8. The zero-order valence-corrected chi connectivity index (χ0v) is 23.5. The summed E-state index contributed by atoms with van der Waals surface area (Å²) in [6, 6.07) is 12.7. The molecule has 2 fully saturated rings. The number of para-hydroxylation sites is 2. The Morgan fingerprint density at radius 3 is 2.51 bits per heavy atom. The minimum atomic E-state index is -1.47. The van der Waals surface area contributed by atoms with Crippen molar-refractivity contribution in [1.82, 2.24) is 14.6 Å². The molecule has 4 atom stereocenters. The normalized spacial score (nSPS) is 25.6. The highest BCUT2D eigenvalue weighted by molar-refractivity contribution is 6.05. The van der Waals surface area contributed by atoms with Crippen molar-refractivity contribution in [1.29, 1.82) is 0 Å². The van der Waals surface area contributed by atoms with E-state index in [0.717, 1.165) is 5.06 Å². The van der Waals surface area contributed by atoms with E-state index in [1.54, 1.807) is 69.3 Å². The van der Waals surface area contributed by atoms with E-state index in [9.17, 15) is 24.4 Å². The number of anilines is 1. The molecule has 3 aromatic rings. The molecule has 0 saturated carbocycles. The predicted molar refractivity (Wildman–Crippen MR) is 147 cm³/mol. The van der Waals surface area contributed by atoms with Gasteiger partial charge in [0.2, 0.25) is 0 Å². The number of fused-ring (bicyclic) bond motifs is 6. The van der Waals surface area contributed by atoms with Gasteiger partial charge in [-0.05, 0) is 38.0 Å². The molecule has 41 heavy (non-hydrogen) atoms. The summed E-state index contributed by atoms with van der Waals surface area (Å²) in [5.74, 6) is -1.66. The van der Waals surface area contributed by atoms with Gasteiger partial charge in [0.25, 0.3) is 11.5 Å². The molecule has 214 valence electrons. The molecule has 0 bridgehead atoms. The molecule has 0 radical (unpaired) electrons. The maximum absolute atomic E-state index is 14.1. The molecule has 1 aromatic heterocycles. The van der Waals surface area contributed by atoms with Gasteiger partial charge in [-0.3, -0.25) is 23.9 Å². The maximum Gasteiger partial charge on any atom is 0.330 e. The molecule has 2 saturated heterocycles. The smallest absolute Gasteiger partial charge is 0.330 e. The van der Waals surface area contributed by atoms with E-state index in [1.165, 1.54) is 9.47 Å². The molecule has 11 heteroatoms. The van der Waals surface area contributed by atoms with Gasteiger partial charge >= 0.3 is 11.9 Å². The number of amides is 1. The van der Waals surface area contributed by atoms with E-state index in [0.29, 0.717) is 22.2 Å². The number of ether oxygens (including phenoxy) is 2. The maximum atomic E-state index is 14.1. The number of hydroxylamine groups is 2. The largest absolute Gasteiger partial charge is 0.454 e. The molecule has 1 amide bonds. The van der Waals surface area contributed by atoms with Crippen LogP contribution < -0.4 is 10.5 Å².